The maximum absolute atomic E-state index is 11.8. The molecule has 0 atom stereocenters. The highest BCUT2D eigenvalue weighted by Crippen LogP contribution is 2.36. The lowest BCUT2D eigenvalue weighted by atomic mass is 10.1. The lowest BCUT2D eigenvalue weighted by Crippen LogP contribution is -2.11. The van der Waals surface area contributed by atoms with Crippen LogP contribution in [0.3, 0.4) is 0 Å². The van der Waals surface area contributed by atoms with E-state index in [1.54, 1.807) is 24.3 Å². The van der Waals surface area contributed by atoms with Crippen LogP contribution in [-0.2, 0) is 10.0 Å². The molecule has 0 amide bonds. The topological polar surface area (TPSA) is 98.8 Å². The maximum Gasteiger partial charge on any atom is 0.229 e. The Morgan fingerprint density at radius 2 is 1.58 bits per heavy atom. The van der Waals surface area contributed by atoms with Crippen molar-refractivity contribution in [3.63, 3.8) is 0 Å². The number of methoxy groups -OCH3 is 1. The number of sulfonamides is 1. The summed E-state index contributed by atoms with van der Waals surface area (Å²) in [5, 5.41) is 0. The summed E-state index contributed by atoms with van der Waals surface area (Å²) < 4.78 is 36.5. The van der Waals surface area contributed by atoms with Gasteiger partial charge in [-0.05, 0) is 44.2 Å². The van der Waals surface area contributed by atoms with Crippen LogP contribution in [0, 0.1) is 0 Å². The molecule has 0 saturated carbocycles. The van der Waals surface area contributed by atoms with Crippen LogP contribution in [0.5, 0.6) is 17.2 Å². The standard InChI is InChI=1S/C18H19NO6S/c1-11(20)13-5-7-14(8-6-13)25-18-9-15(12(2)21)17(24-3)10-16(18)19-26(4,22)23/h5-10,19H,1-4H3. The van der Waals surface area contributed by atoms with Crippen molar-refractivity contribution in [2.45, 2.75) is 13.8 Å². The van der Waals surface area contributed by atoms with Crippen LogP contribution in [0.1, 0.15) is 34.6 Å². The van der Waals surface area contributed by atoms with E-state index in [-0.39, 0.29) is 34.3 Å². The van der Waals surface area contributed by atoms with Gasteiger partial charge in [-0.25, -0.2) is 8.42 Å². The average Bonchev–Trinajstić information content (AvgIpc) is 2.54. The summed E-state index contributed by atoms with van der Waals surface area (Å²) in [4.78, 5) is 23.2. The molecule has 0 bridgehead atoms. The summed E-state index contributed by atoms with van der Waals surface area (Å²) in [5.74, 6) is 0.398. The highest BCUT2D eigenvalue weighted by atomic mass is 32.2. The van der Waals surface area contributed by atoms with E-state index in [1.165, 1.54) is 33.1 Å². The highest BCUT2D eigenvalue weighted by Gasteiger charge is 2.17. The van der Waals surface area contributed by atoms with E-state index in [1.807, 2.05) is 0 Å². The lowest BCUT2D eigenvalue weighted by Gasteiger charge is -2.16. The number of ether oxygens (including phenoxy) is 2. The number of Topliss-reactive ketones (excluding diaryl/α,β-unsaturated/α-hetero) is 2. The first-order valence-electron chi connectivity index (χ1n) is 7.60. The first-order chi connectivity index (χ1) is 12.1. The number of ketones is 2. The Balaban J connectivity index is 2.51. The number of hydrogen-bond acceptors (Lipinski definition) is 6. The molecule has 0 radical (unpaired) electrons. The van der Waals surface area contributed by atoms with Crippen molar-refractivity contribution < 1.29 is 27.5 Å². The van der Waals surface area contributed by atoms with Crippen LogP contribution >= 0.6 is 0 Å². The zero-order chi connectivity index (χ0) is 19.5. The molecule has 0 aliphatic heterocycles. The fraction of sp³-hybridized carbons (Fsp3) is 0.222. The molecular formula is C18H19NO6S. The summed E-state index contributed by atoms with van der Waals surface area (Å²) in [5.41, 5.74) is 0.901. The molecule has 138 valence electrons. The normalized spacial score (nSPS) is 10.9. The molecule has 2 aromatic rings. The second kappa shape index (κ2) is 7.57. The molecule has 0 saturated heterocycles. The van der Waals surface area contributed by atoms with E-state index in [2.05, 4.69) is 4.72 Å². The van der Waals surface area contributed by atoms with E-state index >= 15 is 0 Å². The number of carbonyl (C=O) groups excluding carboxylic acids is 2. The lowest BCUT2D eigenvalue weighted by molar-refractivity contribution is 0.100. The van der Waals surface area contributed by atoms with Gasteiger partial charge in [-0.2, -0.15) is 0 Å². The van der Waals surface area contributed by atoms with Gasteiger partial charge < -0.3 is 9.47 Å². The van der Waals surface area contributed by atoms with Crippen molar-refractivity contribution in [1.82, 2.24) is 0 Å². The quantitative estimate of drug-likeness (QED) is 0.744. The number of hydrogen-bond donors (Lipinski definition) is 1. The van der Waals surface area contributed by atoms with Crippen LogP contribution in [-0.4, -0.2) is 33.3 Å². The summed E-state index contributed by atoms with van der Waals surface area (Å²) in [6, 6.07) is 9.15. The number of rotatable bonds is 7. The molecule has 0 aliphatic rings. The average molecular weight is 377 g/mol. The van der Waals surface area contributed by atoms with E-state index < -0.39 is 10.0 Å². The van der Waals surface area contributed by atoms with Gasteiger partial charge in [0.05, 0.1) is 24.6 Å². The molecule has 0 aliphatic carbocycles. The molecule has 0 aromatic heterocycles. The van der Waals surface area contributed by atoms with Crippen LogP contribution in [0.25, 0.3) is 0 Å². The van der Waals surface area contributed by atoms with Crippen molar-refractivity contribution in [2.75, 3.05) is 18.1 Å². The molecule has 26 heavy (non-hydrogen) atoms. The molecule has 0 spiro atoms. The number of benzene rings is 2. The van der Waals surface area contributed by atoms with Gasteiger partial charge in [0, 0.05) is 11.6 Å². The molecule has 2 aromatic carbocycles. The zero-order valence-electron chi connectivity index (χ0n) is 14.8. The molecule has 0 fully saturated rings. The van der Waals surface area contributed by atoms with Crippen LogP contribution in [0.2, 0.25) is 0 Å². The van der Waals surface area contributed by atoms with Gasteiger partial charge >= 0.3 is 0 Å². The van der Waals surface area contributed by atoms with Crippen molar-refractivity contribution in [3.8, 4) is 17.2 Å². The van der Waals surface area contributed by atoms with Gasteiger partial charge in [-0.1, -0.05) is 0 Å². The smallest absolute Gasteiger partial charge is 0.229 e. The Kier molecular flexibility index (Phi) is 5.66. The zero-order valence-corrected chi connectivity index (χ0v) is 15.6. The second-order valence-electron chi connectivity index (χ2n) is 5.66. The fourth-order valence-electron chi connectivity index (χ4n) is 2.25. The minimum Gasteiger partial charge on any atom is -0.496 e. The summed E-state index contributed by atoms with van der Waals surface area (Å²) >= 11 is 0. The maximum atomic E-state index is 11.8. The van der Waals surface area contributed by atoms with Gasteiger partial charge in [0.25, 0.3) is 0 Å². The van der Waals surface area contributed by atoms with Gasteiger partial charge in [0.2, 0.25) is 10.0 Å². The molecule has 0 heterocycles. The van der Waals surface area contributed by atoms with E-state index in [4.69, 9.17) is 9.47 Å². The summed E-state index contributed by atoms with van der Waals surface area (Å²) in [6.45, 7) is 2.82. The van der Waals surface area contributed by atoms with Gasteiger partial charge in [-0.3, -0.25) is 14.3 Å². The Morgan fingerprint density at radius 1 is 0.962 bits per heavy atom. The molecular weight excluding hydrogens is 358 g/mol. The Bertz CT molecular complexity index is 948. The van der Waals surface area contributed by atoms with Crippen molar-refractivity contribution in [1.29, 1.82) is 0 Å². The summed E-state index contributed by atoms with van der Waals surface area (Å²) in [6.07, 6.45) is 1.00. The minimum absolute atomic E-state index is 0.0840. The second-order valence-corrected chi connectivity index (χ2v) is 7.41. The third kappa shape index (κ3) is 4.82. The van der Waals surface area contributed by atoms with Gasteiger partial charge in [0.15, 0.2) is 17.3 Å². The van der Waals surface area contributed by atoms with E-state index in [0.717, 1.165) is 6.26 Å². The molecule has 1 N–H and O–H groups in total. The van der Waals surface area contributed by atoms with Gasteiger partial charge in [-0.15, -0.1) is 0 Å². The highest BCUT2D eigenvalue weighted by molar-refractivity contribution is 7.92. The van der Waals surface area contributed by atoms with Crippen LogP contribution in [0.4, 0.5) is 5.69 Å². The Morgan fingerprint density at radius 3 is 2.04 bits per heavy atom. The third-order valence-corrected chi connectivity index (χ3v) is 4.06. The van der Waals surface area contributed by atoms with Crippen LogP contribution in [0.15, 0.2) is 36.4 Å². The van der Waals surface area contributed by atoms with Crippen molar-refractivity contribution in [2.24, 2.45) is 0 Å². The largest absolute Gasteiger partial charge is 0.496 e. The first-order valence-corrected chi connectivity index (χ1v) is 9.49. The number of carbonyl (C=O) groups is 2. The fourth-order valence-corrected chi connectivity index (χ4v) is 2.81. The predicted molar refractivity (Wildman–Crippen MR) is 98.0 cm³/mol. The van der Waals surface area contributed by atoms with E-state index in [0.29, 0.717) is 11.3 Å². The van der Waals surface area contributed by atoms with Gasteiger partial charge in [0.1, 0.15) is 11.5 Å². The molecule has 2 rings (SSSR count). The van der Waals surface area contributed by atoms with Crippen molar-refractivity contribution in [3.05, 3.63) is 47.5 Å². The monoisotopic (exact) mass is 377 g/mol. The Labute approximate surface area is 152 Å². The number of anilines is 1. The van der Waals surface area contributed by atoms with E-state index in [9.17, 15) is 18.0 Å². The predicted octanol–water partition coefficient (Wildman–Crippen LogP) is 3.26. The van der Waals surface area contributed by atoms with Crippen molar-refractivity contribution >= 4 is 27.3 Å². The molecule has 7 nitrogen and oxygen atoms in total. The SMILES string of the molecule is COc1cc(NS(C)(=O)=O)c(Oc2ccc(C(C)=O)cc2)cc1C(C)=O. The number of nitrogens with one attached hydrogen (secondary N) is 1. The first kappa shape index (κ1) is 19.5. The summed E-state index contributed by atoms with van der Waals surface area (Å²) in [7, 11) is -2.20. The molecule has 0 unspecified atom stereocenters. The third-order valence-electron chi connectivity index (χ3n) is 3.46. The van der Waals surface area contributed by atoms with Crippen LogP contribution < -0.4 is 14.2 Å². The Hall–Kier alpha value is -2.87. The molecule has 8 heteroatoms. The minimum atomic E-state index is -3.58.